The fraction of sp³-hybridized carbons (Fsp3) is 0.500. The van der Waals surface area contributed by atoms with Gasteiger partial charge < -0.3 is 14.7 Å². The molecule has 1 aromatic rings. The highest BCUT2D eigenvalue weighted by atomic mass is 16.6. The molecule has 0 bridgehead atoms. The summed E-state index contributed by atoms with van der Waals surface area (Å²) in [4.78, 5) is 35.7. The van der Waals surface area contributed by atoms with E-state index in [2.05, 4.69) is 0 Å². The van der Waals surface area contributed by atoms with E-state index < -0.39 is 22.5 Å². The minimum absolute atomic E-state index is 0.0163. The van der Waals surface area contributed by atoms with Crippen LogP contribution in [0.2, 0.25) is 0 Å². The molecule has 2 rings (SSSR count). The second-order valence-electron chi connectivity index (χ2n) is 6.13. The maximum absolute atomic E-state index is 12.7. The van der Waals surface area contributed by atoms with Crippen molar-refractivity contribution in [3.8, 4) is 0 Å². The molecule has 0 radical (unpaired) electrons. The molecule has 1 atom stereocenters. The Morgan fingerprint density at radius 2 is 1.92 bits per heavy atom. The van der Waals surface area contributed by atoms with E-state index in [-0.39, 0.29) is 16.7 Å². The van der Waals surface area contributed by atoms with E-state index in [4.69, 9.17) is 9.84 Å². The zero-order chi connectivity index (χ0) is 17.9. The second-order valence-corrected chi connectivity index (χ2v) is 6.13. The number of amides is 1. The topological polar surface area (TPSA) is 110 Å². The number of likely N-dealkylation sites (tertiary alicyclic amines) is 1. The summed E-state index contributed by atoms with van der Waals surface area (Å²) < 4.78 is 5.49. The highest BCUT2D eigenvalue weighted by molar-refractivity contribution is 5.98. The van der Waals surface area contributed by atoms with Crippen LogP contribution in [0.25, 0.3) is 0 Å². The monoisotopic (exact) mass is 336 g/mol. The Hall–Kier alpha value is -2.48. The van der Waals surface area contributed by atoms with Crippen LogP contribution < -0.4 is 0 Å². The number of rotatable bonds is 4. The molecule has 1 heterocycles. The number of benzene rings is 1. The molecule has 0 aliphatic carbocycles. The predicted molar refractivity (Wildman–Crippen MR) is 85.2 cm³/mol. The molecule has 1 N–H and O–H groups in total. The Morgan fingerprint density at radius 3 is 2.50 bits per heavy atom. The van der Waals surface area contributed by atoms with Crippen LogP contribution >= 0.6 is 0 Å². The molecule has 1 amide bonds. The van der Waals surface area contributed by atoms with Crippen LogP contribution in [0.1, 0.15) is 46.9 Å². The van der Waals surface area contributed by atoms with Crippen LogP contribution in [0.4, 0.5) is 5.69 Å². The van der Waals surface area contributed by atoms with Crippen molar-refractivity contribution in [1.29, 1.82) is 0 Å². The quantitative estimate of drug-likeness (QED) is 0.667. The van der Waals surface area contributed by atoms with Crippen LogP contribution in [0, 0.1) is 10.1 Å². The van der Waals surface area contributed by atoms with Gasteiger partial charge in [-0.2, -0.15) is 0 Å². The molecule has 24 heavy (non-hydrogen) atoms. The molecule has 1 aromatic carbocycles. The van der Waals surface area contributed by atoms with Gasteiger partial charge in [0, 0.05) is 37.9 Å². The summed E-state index contributed by atoms with van der Waals surface area (Å²) in [5.74, 6) is -1.71. The van der Waals surface area contributed by atoms with Crippen molar-refractivity contribution in [2.24, 2.45) is 0 Å². The Balaban J connectivity index is 2.29. The molecule has 0 saturated carbocycles. The van der Waals surface area contributed by atoms with Crippen LogP contribution in [-0.4, -0.2) is 52.6 Å². The highest BCUT2D eigenvalue weighted by Gasteiger charge is 2.30. The Labute approximate surface area is 139 Å². The van der Waals surface area contributed by atoms with E-state index in [1.807, 2.05) is 6.92 Å². The van der Waals surface area contributed by atoms with Gasteiger partial charge in [-0.05, 0) is 32.3 Å². The third kappa shape index (κ3) is 3.88. The number of nitro groups is 1. The second kappa shape index (κ2) is 6.96. The van der Waals surface area contributed by atoms with E-state index in [0.717, 1.165) is 25.0 Å². The molecule has 1 aliphatic heterocycles. The van der Waals surface area contributed by atoms with Crippen molar-refractivity contribution < 1.29 is 24.4 Å². The minimum atomic E-state index is -1.31. The lowest BCUT2D eigenvalue weighted by Gasteiger charge is -2.26. The van der Waals surface area contributed by atoms with E-state index in [0.29, 0.717) is 19.5 Å². The van der Waals surface area contributed by atoms with E-state index in [1.54, 1.807) is 12.0 Å². The summed E-state index contributed by atoms with van der Waals surface area (Å²) in [6.45, 7) is 2.94. The first-order chi connectivity index (χ1) is 11.3. The zero-order valence-corrected chi connectivity index (χ0v) is 13.7. The smallest absolute Gasteiger partial charge is 0.335 e. The lowest BCUT2D eigenvalue weighted by atomic mass is 9.97. The van der Waals surface area contributed by atoms with Crippen molar-refractivity contribution in [2.45, 2.75) is 31.8 Å². The number of aromatic carboxylic acids is 1. The largest absolute Gasteiger partial charge is 0.478 e. The normalized spacial score (nSPS) is 21.2. The molecule has 1 unspecified atom stereocenters. The molecule has 0 spiro atoms. The number of non-ortho nitro benzene ring substituents is 1. The van der Waals surface area contributed by atoms with Crippen LogP contribution in [0.15, 0.2) is 18.2 Å². The molecule has 130 valence electrons. The van der Waals surface area contributed by atoms with Crippen LogP contribution in [0.5, 0.6) is 0 Å². The number of hydrogen-bond acceptors (Lipinski definition) is 5. The van der Waals surface area contributed by atoms with Gasteiger partial charge in [0.05, 0.1) is 16.1 Å². The minimum Gasteiger partial charge on any atom is -0.478 e. The molecule has 1 fully saturated rings. The first-order valence-corrected chi connectivity index (χ1v) is 7.63. The first-order valence-electron chi connectivity index (χ1n) is 7.63. The Morgan fingerprint density at radius 1 is 1.25 bits per heavy atom. The van der Waals surface area contributed by atoms with Gasteiger partial charge in [-0.1, -0.05) is 0 Å². The number of nitro benzene ring substituents is 1. The summed E-state index contributed by atoms with van der Waals surface area (Å²) in [6, 6.07) is 3.25. The summed E-state index contributed by atoms with van der Waals surface area (Å²) in [7, 11) is 1.64. The van der Waals surface area contributed by atoms with Gasteiger partial charge in [-0.3, -0.25) is 14.9 Å². The number of nitrogens with zero attached hydrogens (tertiary/aromatic N) is 2. The summed E-state index contributed by atoms with van der Waals surface area (Å²) in [5.41, 5.74) is -0.967. The van der Waals surface area contributed by atoms with E-state index >= 15 is 0 Å². The molecule has 8 nitrogen and oxygen atoms in total. The van der Waals surface area contributed by atoms with Crippen molar-refractivity contribution in [1.82, 2.24) is 4.90 Å². The number of methoxy groups -OCH3 is 1. The summed E-state index contributed by atoms with van der Waals surface area (Å²) in [6.07, 6.45) is 2.20. The number of carbonyl (C=O) groups excluding carboxylic acids is 1. The third-order valence-corrected chi connectivity index (χ3v) is 4.45. The maximum Gasteiger partial charge on any atom is 0.335 e. The van der Waals surface area contributed by atoms with Crippen LogP contribution in [0.3, 0.4) is 0 Å². The van der Waals surface area contributed by atoms with Gasteiger partial charge >= 0.3 is 5.97 Å². The predicted octanol–water partition coefficient (Wildman–Crippen LogP) is 2.32. The Bertz CT molecular complexity index is 642. The maximum atomic E-state index is 12.7. The number of hydrogen-bond donors (Lipinski definition) is 1. The average Bonchev–Trinajstić information content (AvgIpc) is 2.76. The number of carboxylic acid groups (broad SMARTS) is 1. The fourth-order valence-corrected chi connectivity index (χ4v) is 2.81. The van der Waals surface area contributed by atoms with Crippen molar-refractivity contribution in [3.05, 3.63) is 39.4 Å². The molecule has 8 heteroatoms. The highest BCUT2D eigenvalue weighted by Crippen LogP contribution is 2.26. The number of carbonyl (C=O) groups is 2. The molecular formula is C16H20N2O6. The standard InChI is InChI=1S/C16H20N2O6/c1-16(24-2)4-3-6-17(7-5-16)14(19)11-8-12(15(20)21)10-13(9-11)18(22)23/h8-10H,3-7H2,1-2H3,(H,20,21). The lowest BCUT2D eigenvalue weighted by Crippen LogP contribution is -2.34. The zero-order valence-electron chi connectivity index (χ0n) is 13.7. The van der Waals surface area contributed by atoms with Gasteiger partial charge in [-0.25, -0.2) is 4.79 Å². The van der Waals surface area contributed by atoms with Gasteiger partial charge in [0.2, 0.25) is 0 Å². The van der Waals surface area contributed by atoms with Gasteiger partial charge in [-0.15, -0.1) is 0 Å². The van der Waals surface area contributed by atoms with Crippen molar-refractivity contribution >= 4 is 17.6 Å². The summed E-state index contributed by atoms with van der Waals surface area (Å²) in [5, 5.41) is 20.1. The average molecular weight is 336 g/mol. The fourth-order valence-electron chi connectivity index (χ4n) is 2.81. The molecule has 1 saturated heterocycles. The van der Waals surface area contributed by atoms with Crippen molar-refractivity contribution in [3.63, 3.8) is 0 Å². The van der Waals surface area contributed by atoms with Crippen molar-refractivity contribution in [2.75, 3.05) is 20.2 Å². The van der Waals surface area contributed by atoms with E-state index in [9.17, 15) is 19.7 Å². The molecule has 0 aromatic heterocycles. The van der Waals surface area contributed by atoms with Crippen LogP contribution in [-0.2, 0) is 4.74 Å². The van der Waals surface area contributed by atoms with Gasteiger partial charge in [0.15, 0.2) is 0 Å². The SMILES string of the molecule is COC1(C)CCCN(C(=O)c2cc(C(=O)O)cc([N+](=O)[O-])c2)CC1. The number of ether oxygens (including phenoxy) is 1. The van der Waals surface area contributed by atoms with Gasteiger partial charge in [0.1, 0.15) is 0 Å². The lowest BCUT2D eigenvalue weighted by molar-refractivity contribution is -0.384. The van der Waals surface area contributed by atoms with Gasteiger partial charge in [0.25, 0.3) is 11.6 Å². The number of carboxylic acids is 1. The summed E-state index contributed by atoms with van der Waals surface area (Å²) >= 11 is 0. The Kier molecular flexibility index (Phi) is 5.18. The third-order valence-electron chi connectivity index (χ3n) is 4.45. The molecular weight excluding hydrogens is 316 g/mol. The van der Waals surface area contributed by atoms with E-state index in [1.165, 1.54) is 6.07 Å². The molecule has 1 aliphatic rings. The first kappa shape index (κ1) is 17.9.